The number of nitrogens with one attached hydrogen (secondary N) is 2. The number of hydrogen-bond acceptors (Lipinski definition) is 4. The number of benzene rings is 1. The number of carbonyl (C=O) groups is 2. The minimum atomic E-state index is -0.599. The Hall–Kier alpha value is -2.83. The first kappa shape index (κ1) is 19.9. The lowest BCUT2D eigenvalue weighted by Gasteiger charge is -2.28. The number of amides is 2. The maximum Gasteiger partial charge on any atom is 0.410 e. The molecule has 1 saturated heterocycles. The molecule has 0 saturated carbocycles. The molecular formula is C21H27N3O4. The number of fused-ring (bicyclic) bond motifs is 1. The number of hydrogen-bond donors (Lipinski definition) is 2. The van der Waals surface area contributed by atoms with Gasteiger partial charge in [-0.25, -0.2) is 4.79 Å². The number of aromatic amines is 1. The van der Waals surface area contributed by atoms with Gasteiger partial charge in [0.25, 0.3) is 5.56 Å². The van der Waals surface area contributed by atoms with E-state index in [1.54, 1.807) is 20.8 Å². The predicted octanol–water partition coefficient (Wildman–Crippen LogP) is 2.59. The molecule has 1 aromatic carbocycles. The highest BCUT2D eigenvalue weighted by molar-refractivity contribution is 5.86. The maximum absolute atomic E-state index is 12.6. The molecule has 2 aromatic rings. The molecule has 0 aliphatic carbocycles. The second-order valence-corrected chi connectivity index (χ2v) is 8.08. The molecule has 150 valence electrons. The summed E-state index contributed by atoms with van der Waals surface area (Å²) in [5.74, 6) is -0.208. The molecule has 0 spiro atoms. The van der Waals surface area contributed by atoms with Gasteiger partial charge >= 0.3 is 6.09 Å². The third-order valence-electron chi connectivity index (χ3n) is 4.71. The van der Waals surface area contributed by atoms with E-state index < -0.39 is 17.7 Å². The summed E-state index contributed by atoms with van der Waals surface area (Å²) in [6.07, 6.45) is 1.34. The van der Waals surface area contributed by atoms with Crippen molar-refractivity contribution in [1.29, 1.82) is 0 Å². The van der Waals surface area contributed by atoms with Crippen molar-refractivity contribution in [2.75, 3.05) is 13.1 Å². The van der Waals surface area contributed by atoms with Gasteiger partial charge in [0.15, 0.2) is 0 Å². The SMILES string of the molecule is CC(C)(C)OC(=O)N1CCCC1C(=O)NCCc1cc2ccccc2[nH]c1=O. The van der Waals surface area contributed by atoms with Gasteiger partial charge in [0, 0.05) is 24.2 Å². The van der Waals surface area contributed by atoms with Gasteiger partial charge in [0.1, 0.15) is 11.6 Å². The molecule has 1 unspecified atom stereocenters. The van der Waals surface area contributed by atoms with Crippen molar-refractivity contribution in [2.24, 2.45) is 0 Å². The smallest absolute Gasteiger partial charge is 0.410 e. The molecule has 2 N–H and O–H groups in total. The number of aromatic nitrogens is 1. The number of rotatable bonds is 4. The quantitative estimate of drug-likeness (QED) is 0.846. The van der Waals surface area contributed by atoms with Crippen LogP contribution in [0.5, 0.6) is 0 Å². The van der Waals surface area contributed by atoms with E-state index in [0.717, 1.165) is 17.3 Å². The Labute approximate surface area is 164 Å². The Bertz CT molecular complexity index is 929. The van der Waals surface area contributed by atoms with Gasteiger partial charge < -0.3 is 15.0 Å². The van der Waals surface area contributed by atoms with Crippen molar-refractivity contribution in [1.82, 2.24) is 15.2 Å². The molecule has 7 heteroatoms. The fourth-order valence-electron chi connectivity index (χ4n) is 3.39. The van der Waals surface area contributed by atoms with Crippen molar-refractivity contribution in [3.63, 3.8) is 0 Å². The topological polar surface area (TPSA) is 91.5 Å². The van der Waals surface area contributed by atoms with Crippen molar-refractivity contribution in [3.05, 3.63) is 46.2 Å². The number of para-hydroxylation sites is 1. The molecule has 2 heterocycles. The molecule has 0 radical (unpaired) electrons. The molecule has 1 atom stereocenters. The van der Waals surface area contributed by atoms with Crippen LogP contribution < -0.4 is 10.9 Å². The molecule has 2 amide bonds. The molecule has 1 aromatic heterocycles. The highest BCUT2D eigenvalue weighted by Gasteiger charge is 2.36. The lowest BCUT2D eigenvalue weighted by atomic mass is 10.1. The highest BCUT2D eigenvalue weighted by Crippen LogP contribution is 2.21. The van der Waals surface area contributed by atoms with Crippen molar-refractivity contribution < 1.29 is 14.3 Å². The van der Waals surface area contributed by atoms with Gasteiger partial charge in [0.05, 0.1) is 0 Å². The Morgan fingerprint density at radius 2 is 2.04 bits per heavy atom. The minimum absolute atomic E-state index is 0.149. The number of pyridine rings is 1. The molecule has 28 heavy (non-hydrogen) atoms. The third kappa shape index (κ3) is 4.71. The zero-order valence-electron chi connectivity index (χ0n) is 16.6. The van der Waals surface area contributed by atoms with Gasteiger partial charge in [0.2, 0.25) is 5.91 Å². The number of H-pyrrole nitrogens is 1. The molecule has 1 aliphatic heterocycles. The number of carbonyl (C=O) groups excluding carboxylic acids is 2. The van der Waals surface area contributed by atoms with E-state index in [2.05, 4.69) is 10.3 Å². The van der Waals surface area contributed by atoms with Crippen LogP contribution in [0, 0.1) is 0 Å². The molecule has 1 fully saturated rings. The van der Waals surface area contributed by atoms with E-state index in [9.17, 15) is 14.4 Å². The largest absolute Gasteiger partial charge is 0.444 e. The Morgan fingerprint density at radius 3 is 2.79 bits per heavy atom. The number of likely N-dealkylation sites (tertiary alicyclic amines) is 1. The van der Waals surface area contributed by atoms with Crippen molar-refractivity contribution >= 4 is 22.9 Å². The first-order valence-electron chi connectivity index (χ1n) is 9.63. The molecule has 0 bridgehead atoms. The van der Waals surface area contributed by atoms with Gasteiger partial charge in [-0.3, -0.25) is 14.5 Å². The second-order valence-electron chi connectivity index (χ2n) is 8.08. The zero-order valence-corrected chi connectivity index (χ0v) is 16.6. The van der Waals surface area contributed by atoms with E-state index in [1.165, 1.54) is 4.90 Å². The Kier molecular flexibility index (Phi) is 5.72. The monoisotopic (exact) mass is 385 g/mol. The normalized spacial score (nSPS) is 17.0. The summed E-state index contributed by atoms with van der Waals surface area (Å²) in [5, 5.41) is 3.81. The second kappa shape index (κ2) is 8.04. The lowest BCUT2D eigenvalue weighted by molar-refractivity contribution is -0.125. The van der Waals surface area contributed by atoms with E-state index in [-0.39, 0.29) is 11.5 Å². The molecule has 7 nitrogen and oxygen atoms in total. The van der Waals surface area contributed by atoms with Crippen LogP contribution in [0.1, 0.15) is 39.2 Å². The van der Waals surface area contributed by atoms with E-state index in [1.807, 2.05) is 30.3 Å². The van der Waals surface area contributed by atoms with Crippen LogP contribution in [-0.2, 0) is 16.0 Å². The van der Waals surface area contributed by atoms with E-state index >= 15 is 0 Å². The summed E-state index contributed by atoms with van der Waals surface area (Å²) in [4.78, 5) is 41.4. The van der Waals surface area contributed by atoms with Gasteiger partial charge in [-0.05, 0) is 57.6 Å². The van der Waals surface area contributed by atoms with Crippen molar-refractivity contribution in [3.8, 4) is 0 Å². The van der Waals surface area contributed by atoms with Crippen molar-refractivity contribution in [2.45, 2.75) is 51.7 Å². The fourth-order valence-corrected chi connectivity index (χ4v) is 3.39. The number of nitrogens with zero attached hydrogens (tertiary/aromatic N) is 1. The van der Waals surface area contributed by atoms with Crippen LogP contribution in [0.4, 0.5) is 4.79 Å². The summed E-state index contributed by atoms with van der Waals surface area (Å²) in [6, 6.07) is 8.90. The minimum Gasteiger partial charge on any atom is -0.444 e. The van der Waals surface area contributed by atoms with Crippen LogP contribution in [0.3, 0.4) is 0 Å². The van der Waals surface area contributed by atoms with Crippen LogP contribution >= 0.6 is 0 Å². The Morgan fingerprint density at radius 1 is 1.29 bits per heavy atom. The van der Waals surface area contributed by atoms with E-state index in [4.69, 9.17) is 4.74 Å². The summed E-state index contributed by atoms with van der Waals surface area (Å²) < 4.78 is 5.39. The molecule has 3 rings (SSSR count). The predicted molar refractivity (Wildman–Crippen MR) is 107 cm³/mol. The van der Waals surface area contributed by atoms with Crippen LogP contribution in [0.2, 0.25) is 0 Å². The first-order valence-corrected chi connectivity index (χ1v) is 9.63. The van der Waals surface area contributed by atoms with Gasteiger partial charge in [-0.15, -0.1) is 0 Å². The maximum atomic E-state index is 12.6. The third-order valence-corrected chi connectivity index (χ3v) is 4.71. The van der Waals surface area contributed by atoms with Crippen LogP contribution in [-0.4, -0.2) is 46.6 Å². The highest BCUT2D eigenvalue weighted by atomic mass is 16.6. The summed E-state index contributed by atoms with van der Waals surface area (Å²) in [5.41, 5.74) is 0.663. The zero-order chi connectivity index (χ0) is 20.3. The standard InChI is InChI=1S/C21H27N3O4/c1-21(2,3)28-20(27)24-12-6-9-17(24)19(26)22-11-10-15-13-14-7-4-5-8-16(14)23-18(15)25/h4-5,7-8,13,17H,6,9-12H2,1-3H3,(H,22,26)(H,23,25). The average molecular weight is 385 g/mol. The Balaban J connectivity index is 1.59. The number of ether oxygens (including phenoxy) is 1. The summed E-state index contributed by atoms with van der Waals surface area (Å²) in [6.45, 7) is 6.25. The van der Waals surface area contributed by atoms with Gasteiger partial charge in [-0.1, -0.05) is 18.2 Å². The summed E-state index contributed by atoms with van der Waals surface area (Å²) >= 11 is 0. The van der Waals surface area contributed by atoms with Crippen LogP contribution in [0.15, 0.2) is 35.1 Å². The van der Waals surface area contributed by atoms with Crippen LogP contribution in [0.25, 0.3) is 10.9 Å². The summed E-state index contributed by atoms with van der Waals surface area (Å²) in [7, 11) is 0. The van der Waals surface area contributed by atoms with Gasteiger partial charge in [-0.2, -0.15) is 0 Å². The van der Waals surface area contributed by atoms with E-state index in [0.29, 0.717) is 31.5 Å². The fraction of sp³-hybridized carbons (Fsp3) is 0.476. The lowest BCUT2D eigenvalue weighted by Crippen LogP contribution is -2.48. The first-order chi connectivity index (χ1) is 13.2. The average Bonchev–Trinajstić information content (AvgIpc) is 3.10. The molecule has 1 aliphatic rings. The molecular weight excluding hydrogens is 358 g/mol.